The number of amides is 1. The summed E-state index contributed by atoms with van der Waals surface area (Å²) in [5.74, 6) is -0.192. The van der Waals surface area contributed by atoms with Gasteiger partial charge in [0, 0.05) is 36.5 Å². The fourth-order valence-electron chi connectivity index (χ4n) is 2.56. The Morgan fingerprint density at radius 3 is 2.33 bits per heavy atom. The maximum atomic E-state index is 12.3. The first-order valence-corrected chi connectivity index (χ1v) is 8.45. The van der Waals surface area contributed by atoms with Crippen LogP contribution in [0.1, 0.15) is 21.7 Å². The molecule has 3 aromatic rings. The lowest BCUT2D eigenvalue weighted by Gasteiger charge is -2.09. The van der Waals surface area contributed by atoms with Gasteiger partial charge in [-0.1, -0.05) is 0 Å². The minimum atomic E-state index is -0.444. The summed E-state index contributed by atoms with van der Waals surface area (Å²) in [6.07, 6.45) is 0. The number of fused-ring (bicyclic) bond motifs is 1. The van der Waals surface area contributed by atoms with Gasteiger partial charge in [0.2, 0.25) is 0 Å². The largest absolute Gasteiger partial charge is 0.383 e. The van der Waals surface area contributed by atoms with Crippen molar-refractivity contribution in [2.45, 2.75) is 13.8 Å². The number of hydrogen-bond donors (Lipinski definition) is 2. The normalized spacial score (nSPS) is 10.6. The van der Waals surface area contributed by atoms with E-state index in [0.29, 0.717) is 24.2 Å². The second-order valence-corrected chi connectivity index (χ2v) is 6.08. The van der Waals surface area contributed by atoms with Gasteiger partial charge < -0.3 is 10.6 Å². The maximum Gasteiger partial charge on any atom is 0.269 e. The number of aryl methyl sites for hydroxylation is 2. The van der Waals surface area contributed by atoms with E-state index in [2.05, 4.69) is 20.6 Å². The van der Waals surface area contributed by atoms with E-state index >= 15 is 0 Å². The van der Waals surface area contributed by atoms with E-state index in [-0.39, 0.29) is 11.6 Å². The molecule has 27 heavy (non-hydrogen) atoms. The van der Waals surface area contributed by atoms with Gasteiger partial charge in [-0.2, -0.15) is 0 Å². The summed E-state index contributed by atoms with van der Waals surface area (Å²) in [6.45, 7) is 4.69. The van der Waals surface area contributed by atoms with Gasteiger partial charge in [-0.3, -0.25) is 14.9 Å². The number of hydrogen-bond acceptors (Lipinski definition) is 6. The Balaban J connectivity index is 1.55. The number of rotatable bonds is 6. The number of carbonyl (C=O) groups excluding carboxylic acids is 1. The van der Waals surface area contributed by atoms with Crippen LogP contribution in [0, 0.1) is 24.0 Å². The fraction of sp³-hybridized carbons (Fsp3) is 0.211. The van der Waals surface area contributed by atoms with Gasteiger partial charge in [0.25, 0.3) is 11.6 Å². The molecule has 3 rings (SSSR count). The summed E-state index contributed by atoms with van der Waals surface area (Å²) in [4.78, 5) is 31.4. The Kier molecular flexibility index (Phi) is 5.25. The third-order valence-electron chi connectivity index (χ3n) is 4.16. The van der Waals surface area contributed by atoms with Crippen LogP contribution in [0.25, 0.3) is 11.0 Å². The van der Waals surface area contributed by atoms with Crippen LogP contribution in [0.15, 0.2) is 42.5 Å². The Hall–Kier alpha value is -3.55. The van der Waals surface area contributed by atoms with Crippen molar-refractivity contribution >= 4 is 28.3 Å². The summed E-state index contributed by atoms with van der Waals surface area (Å²) in [5.41, 5.74) is 4.48. The van der Waals surface area contributed by atoms with Crippen LogP contribution < -0.4 is 10.6 Å². The molecule has 0 aliphatic carbocycles. The molecule has 0 atom stereocenters. The average molecular weight is 365 g/mol. The molecule has 8 nitrogen and oxygen atoms in total. The van der Waals surface area contributed by atoms with Crippen LogP contribution in [0.3, 0.4) is 0 Å². The van der Waals surface area contributed by atoms with E-state index in [1.807, 2.05) is 13.8 Å². The molecular weight excluding hydrogens is 346 g/mol. The first-order valence-electron chi connectivity index (χ1n) is 8.45. The number of nitro groups is 1. The first kappa shape index (κ1) is 18.2. The number of carbonyl (C=O) groups is 1. The first-order chi connectivity index (χ1) is 12.9. The third kappa shape index (κ3) is 4.35. The number of anilines is 1. The van der Waals surface area contributed by atoms with Crippen LogP contribution in [-0.4, -0.2) is 33.9 Å². The Morgan fingerprint density at radius 2 is 1.67 bits per heavy atom. The monoisotopic (exact) mass is 365 g/mol. The molecule has 0 aliphatic rings. The zero-order valence-corrected chi connectivity index (χ0v) is 15.0. The predicted octanol–water partition coefficient (Wildman–Crippen LogP) is 3.00. The second-order valence-electron chi connectivity index (χ2n) is 6.08. The van der Waals surface area contributed by atoms with Crippen LogP contribution in [0.4, 0.5) is 11.4 Å². The highest BCUT2D eigenvalue weighted by atomic mass is 16.6. The number of nitrogens with one attached hydrogen (secondary N) is 2. The van der Waals surface area contributed by atoms with Gasteiger partial charge in [-0.05, 0) is 44.2 Å². The van der Waals surface area contributed by atoms with E-state index in [1.54, 1.807) is 30.3 Å². The van der Waals surface area contributed by atoms with Gasteiger partial charge in [0.1, 0.15) is 0 Å². The Morgan fingerprint density at radius 1 is 1.00 bits per heavy atom. The standard InChI is InChI=1S/C19H19N5O3/c1-12-13(2)23-18-11-14(3-8-17(18)22-12)19(25)21-10-9-20-15-4-6-16(7-5-15)24(26)27/h3-8,11,20H,9-10H2,1-2H3,(H,21,25). The lowest BCUT2D eigenvalue weighted by atomic mass is 10.1. The van der Waals surface area contributed by atoms with Crippen LogP contribution in [-0.2, 0) is 0 Å². The van der Waals surface area contributed by atoms with E-state index < -0.39 is 4.92 Å². The molecule has 0 saturated heterocycles. The minimum absolute atomic E-state index is 0.0405. The molecule has 0 spiro atoms. The molecule has 138 valence electrons. The summed E-state index contributed by atoms with van der Waals surface area (Å²) >= 11 is 0. The van der Waals surface area contributed by atoms with Crippen molar-refractivity contribution in [1.29, 1.82) is 0 Å². The summed E-state index contributed by atoms with van der Waals surface area (Å²) in [6, 6.07) is 11.4. The Labute approximate surface area is 155 Å². The van der Waals surface area contributed by atoms with Crippen molar-refractivity contribution in [3.05, 3.63) is 69.5 Å². The molecular formula is C19H19N5O3. The molecule has 1 amide bonds. The lowest BCUT2D eigenvalue weighted by Crippen LogP contribution is -2.28. The molecule has 0 radical (unpaired) electrons. The topological polar surface area (TPSA) is 110 Å². The van der Waals surface area contributed by atoms with E-state index in [0.717, 1.165) is 22.6 Å². The molecule has 0 saturated carbocycles. The molecule has 1 heterocycles. The van der Waals surface area contributed by atoms with Crippen molar-refractivity contribution in [3.8, 4) is 0 Å². The van der Waals surface area contributed by atoms with E-state index in [1.165, 1.54) is 12.1 Å². The third-order valence-corrected chi connectivity index (χ3v) is 4.16. The van der Waals surface area contributed by atoms with Crippen molar-refractivity contribution < 1.29 is 9.72 Å². The number of aromatic nitrogens is 2. The number of benzene rings is 2. The average Bonchev–Trinajstić information content (AvgIpc) is 2.66. The SMILES string of the molecule is Cc1nc2ccc(C(=O)NCCNc3ccc([N+](=O)[O-])cc3)cc2nc1C. The van der Waals surface area contributed by atoms with Crippen LogP contribution in [0.2, 0.25) is 0 Å². The number of nitrogens with zero attached hydrogens (tertiary/aromatic N) is 3. The highest BCUT2D eigenvalue weighted by Gasteiger charge is 2.08. The maximum absolute atomic E-state index is 12.3. The quantitative estimate of drug-likeness (QED) is 0.395. The number of non-ortho nitro benzene ring substituents is 1. The van der Waals surface area contributed by atoms with E-state index in [9.17, 15) is 14.9 Å². The lowest BCUT2D eigenvalue weighted by molar-refractivity contribution is -0.384. The molecule has 8 heteroatoms. The molecule has 0 aliphatic heterocycles. The van der Waals surface area contributed by atoms with E-state index in [4.69, 9.17) is 0 Å². The van der Waals surface area contributed by atoms with Crippen LogP contribution >= 0.6 is 0 Å². The fourth-order valence-corrected chi connectivity index (χ4v) is 2.56. The summed E-state index contributed by atoms with van der Waals surface area (Å²) < 4.78 is 0. The number of nitro benzene ring substituents is 1. The van der Waals surface area contributed by atoms with Gasteiger partial charge in [-0.25, -0.2) is 9.97 Å². The zero-order valence-electron chi connectivity index (χ0n) is 15.0. The van der Waals surface area contributed by atoms with Crippen molar-refractivity contribution in [2.24, 2.45) is 0 Å². The second kappa shape index (κ2) is 7.77. The molecule has 0 bridgehead atoms. The van der Waals surface area contributed by atoms with Gasteiger partial charge in [-0.15, -0.1) is 0 Å². The van der Waals surface area contributed by atoms with Gasteiger partial charge >= 0.3 is 0 Å². The molecule has 0 unspecified atom stereocenters. The van der Waals surface area contributed by atoms with Gasteiger partial charge in [0.15, 0.2) is 0 Å². The zero-order chi connectivity index (χ0) is 19.4. The smallest absolute Gasteiger partial charge is 0.269 e. The highest BCUT2D eigenvalue weighted by molar-refractivity contribution is 5.97. The van der Waals surface area contributed by atoms with Crippen LogP contribution in [0.5, 0.6) is 0 Å². The summed E-state index contributed by atoms with van der Waals surface area (Å²) in [7, 11) is 0. The Bertz CT molecular complexity index is 1000. The molecule has 0 fully saturated rings. The molecule has 2 aromatic carbocycles. The molecule has 1 aromatic heterocycles. The predicted molar refractivity (Wildman–Crippen MR) is 103 cm³/mol. The van der Waals surface area contributed by atoms with Crippen molar-refractivity contribution in [1.82, 2.24) is 15.3 Å². The van der Waals surface area contributed by atoms with Crippen molar-refractivity contribution in [2.75, 3.05) is 18.4 Å². The molecule has 2 N–H and O–H groups in total. The summed E-state index contributed by atoms with van der Waals surface area (Å²) in [5, 5.41) is 16.6. The van der Waals surface area contributed by atoms with Crippen molar-refractivity contribution in [3.63, 3.8) is 0 Å². The minimum Gasteiger partial charge on any atom is -0.383 e. The van der Waals surface area contributed by atoms with Gasteiger partial charge in [0.05, 0.1) is 27.3 Å². The highest BCUT2D eigenvalue weighted by Crippen LogP contribution is 2.16.